The molecule has 2 aromatic heterocycles. The van der Waals surface area contributed by atoms with Crippen LogP contribution in [0, 0.1) is 0 Å². The Balaban J connectivity index is 1.69. The van der Waals surface area contributed by atoms with Gasteiger partial charge in [0.25, 0.3) is 0 Å². The number of nitrogens with zero attached hydrogens (tertiary/aromatic N) is 2. The lowest BCUT2D eigenvalue weighted by atomic mass is 9.93. The van der Waals surface area contributed by atoms with Crippen molar-refractivity contribution >= 4 is 0 Å². The van der Waals surface area contributed by atoms with Gasteiger partial charge < -0.3 is 14.6 Å². The summed E-state index contributed by atoms with van der Waals surface area (Å²) >= 11 is 0. The average molecular weight is 401 g/mol. The Labute approximate surface area is 167 Å². The molecule has 3 aromatic rings. The zero-order chi connectivity index (χ0) is 20.4. The molecule has 1 aliphatic rings. The van der Waals surface area contributed by atoms with Crippen LogP contribution in [-0.4, -0.2) is 41.4 Å². The van der Waals surface area contributed by atoms with E-state index in [1.165, 1.54) is 12.1 Å². The van der Waals surface area contributed by atoms with E-state index in [9.17, 15) is 13.2 Å². The molecule has 1 fully saturated rings. The summed E-state index contributed by atoms with van der Waals surface area (Å²) in [6.07, 6.45) is 0.926. The zero-order valence-corrected chi connectivity index (χ0v) is 16.0. The molecule has 0 unspecified atom stereocenters. The lowest BCUT2D eigenvalue weighted by Crippen LogP contribution is -2.29. The Morgan fingerprint density at radius 3 is 2.28 bits per heavy atom. The number of piperidine rings is 1. The third kappa shape index (κ3) is 4.62. The molecule has 3 heterocycles. The van der Waals surface area contributed by atoms with Crippen LogP contribution in [0.25, 0.3) is 22.4 Å². The largest absolute Gasteiger partial charge is 0.573 e. The molecule has 0 aliphatic carbocycles. The molecule has 0 bridgehead atoms. The van der Waals surface area contributed by atoms with Crippen LogP contribution in [0.2, 0.25) is 0 Å². The molecule has 152 valence electrons. The van der Waals surface area contributed by atoms with Gasteiger partial charge in [-0.2, -0.15) is 0 Å². The van der Waals surface area contributed by atoms with Crippen LogP contribution in [0.15, 0.2) is 54.9 Å². The van der Waals surface area contributed by atoms with Crippen molar-refractivity contribution in [2.45, 2.75) is 25.1 Å². The number of pyridine rings is 1. The molecule has 29 heavy (non-hydrogen) atoms. The van der Waals surface area contributed by atoms with Crippen LogP contribution in [0.5, 0.6) is 5.75 Å². The van der Waals surface area contributed by atoms with E-state index in [0.29, 0.717) is 5.92 Å². The second-order valence-electron chi connectivity index (χ2n) is 7.40. The number of hydrogen-bond acceptors (Lipinski definition) is 3. The van der Waals surface area contributed by atoms with Gasteiger partial charge in [0, 0.05) is 29.6 Å². The van der Waals surface area contributed by atoms with E-state index in [4.69, 9.17) is 0 Å². The van der Waals surface area contributed by atoms with E-state index in [1.807, 2.05) is 12.1 Å². The highest BCUT2D eigenvalue weighted by atomic mass is 19.4. The van der Waals surface area contributed by atoms with Gasteiger partial charge in [-0.25, -0.2) is 0 Å². The fourth-order valence-corrected chi connectivity index (χ4v) is 3.83. The van der Waals surface area contributed by atoms with Gasteiger partial charge in [0.2, 0.25) is 0 Å². The molecule has 4 rings (SSSR count). The smallest absolute Gasteiger partial charge is 0.406 e. The molecule has 0 atom stereocenters. The summed E-state index contributed by atoms with van der Waals surface area (Å²) < 4.78 is 41.3. The number of likely N-dealkylation sites (tertiary alicyclic amines) is 1. The van der Waals surface area contributed by atoms with Gasteiger partial charge in [0.1, 0.15) is 5.75 Å². The predicted molar refractivity (Wildman–Crippen MR) is 106 cm³/mol. The molecule has 0 spiro atoms. The summed E-state index contributed by atoms with van der Waals surface area (Å²) in [7, 11) is 2.13. The maximum Gasteiger partial charge on any atom is 0.573 e. The molecule has 1 N–H and O–H groups in total. The van der Waals surface area contributed by atoms with Gasteiger partial charge in [-0.3, -0.25) is 4.98 Å². The van der Waals surface area contributed by atoms with Gasteiger partial charge in [-0.15, -0.1) is 13.2 Å². The number of hydrogen-bond donors (Lipinski definition) is 1. The first-order valence-electron chi connectivity index (χ1n) is 9.57. The third-order valence-electron chi connectivity index (χ3n) is 5.36. The van der Waals surface area contributed by atoms with Gasteiger partial charge in [-0.05, 0) is 86.6 Å². The molecule has 0 amide bonds. The van der Waals surface area contributed by atoms with E-state index in [2.05, 4.69) is 32.7 Å². The summed E-state index contributed by atoms with van der Waals surface area (Å²) in [5, 5.41) is 0. The number of aromatic amines is 1. The standard InChI is InChI=1S/C22H22F3N3O/c1-28-12-8-16(9-13-28)20-14-19(15-6-10-26-11-7-15)21(27-20)17-2-4-18(5-3-17)29-22(23,24)25/h2-7,10-11,14,16,27H,8-9,12-13H2,1H3. The van der Waals surface area contributed by atoms with Crippen LogP contribution in [0.4, 0.5) is 13.2 Å². The Morgan fingerprint density at radius 2 is 1.66 bits per heavy atom. The number of ether oxygens (including phenoxy) is 1. The Bertz CT molecular complexity index is 944. The summed E-state index contributed by atoms with van der Waals surface area (Å²) in [5.74, 6) is 0.210. The minimum atomic E-state index is -4.70. The first-order chi connectivity index (χ1) is 13.9. The summed E-state index contributed by atoms with van der Waals surface area (Å²) in [4.78, 5) is 9.95. The number of alkyl halides is 3. The van der Waals surface area contributed by atoms with E-state index in [0.717, 1.165) is 54.0 Å². The Morgan fingerprint density at radius 1 is 1.00 bits per heavy atom. The summed E-state index contributed by atoms with van der Waals surface area (Å²) in [6, 6.07) is 12.0. The molecule has 1 aliphatic heterocycles. The van der Waals surface area contributed by atoms with E-state index < -0.39 is 6.36 Å². The van der Waals surface area contributed by atoms with Crippen molar-refractivity contribution in [3.8, 4) is 28.1 Å². The maximum absolute atomic E-state index is 12.4. The summed E-state index contributed by atoms with van der Waals surface area (Å²) in [5.41, 5.74) is 4.90. The Hall–Kier alpha value is -2.80. The maximum atomic E-state index is 12.4. The Kier molecular flexibility index (Phi) is 5.32. The van der Waals surface area contributed by atoms with Crippen molar-refractivity contribution in [3.63, 3.8) is 0 Å². The van der Waals surface area contributed by atoms with Crippen molar-refractivity contribution in [2.75, 3.05) is 20.1 Å². The molecular weight excluding hydrogens is 379 g/mol. The van der Waals surface area contributed by atoms with Gasteiger partial charge >= 0.3 is 6.36 Å². The van der Waals surface area contributed by atoms with Crippen molar-refractivity contribution in [3.05, 3.63) is 60.6 Å². The molecule has 0 radical (unpaired) electrons. The molecule has 1 saturated heterocycles. The van der Waals surface area contributed by atoms with Crippen LogP contribution < -0.4 is 4.74 Å². The lowest BCUT2D eigenvalue weighted by molar-refractivity contribution is -0.274. The van der Waals surface area contributed by atoms with Gasteiger partial charge in [0.05, 0.1) is 5.69 Å². The molecule has 0 saturated carbocycles. The van der Waals surface area contributed by atoms with E-state index >= 15 is 0 Å². The number of halogens is 3. The molecule has 7 heteroatoms. The zero-order valence-electron chi connectivity index (χ0n) is 16.0. The highest BCUT2D eigenvalue weighted by Gasteiger charge is 2.31. The van der Waals surface area contributed by atoms with Gasteiger partial charge in [0.15, 0.2) is 0 Å². The summed E-state index contributed by atoms with van der Waals surface area (Å²) in [6.45, 7) is 2.10. The number of rotatable bonds is 4. The molecule has 4 nitrogen and oxygen atoms in total. The van der Waals surface area contributed by atoms with E-state index in [1.54, 1.807) is 24.5 Å². The van der Waals surface area contributed by atoms with Crippen LogP contribution in [-0.2, 0) is 0 Å². The minimum absolute atomic E-state index is 0.228. The predicted octanol–water partition coefficient (Wildman–Crippen LogP) is 5.45. The number of nitrogens with one attached hydrogen (secondary N) is 1. The fraction of sp³-hybridized carbons (Fsp3) is 0.318. The second kappa shape index (κ2) is 7.91. The molecule has 1 aromatic carbocycles. The SMILES string of the molecule is CN1CCC(c2cc(-c3ccncc3)c(-c3ccc(OC(F)(F)F)cc3)[nH]2)CC1. The highest BCUT2D eigenvalue weighted by molar-refractivity contribution is 5.82. The second-order valence-corrected chi connectivity index (χ2v) is 7.40. The fourth-order valence-electron chi connectivity index (χ4n) is 3.83. The van der Waals surface area contributed by atoms with Crippen molar-refractivity contribution < 1.29 is 17.9 Å². The molecular formula is C22H22F3N3O. The third-order valence-corrected chi connectivity index (χ3v) is 5.36. The monoisotopic (exact) mass is 401 g/mol. The van der Waals surface area contributed by atoms with E-state index in [-0.39, 0.29) is 5.75 Å². The van der Waals surface area contributed by atoms with Crippen molar-refractivity contribution in [1.29, 1.82) is 0 Å². The number of aromatic nitrogens is 2. The highest BCUT2D eigenvalue weighted by Crippen LogP contribution is 2.37. The van der Waals surface area contributed by atoms with Crippen LogP contribution in [0.3, 0.4) is 0 Å². The quantitative estimate of drug-likeness (QED) is 0.632. The van der Waals surface area contributed by atoms with Crippen LogP contribution >= 0.6 is 0 Å². The van der Waals surface area contributed by atoms with Crippen molar-refractivity contribution in [2.24, 2.45) is 0 Å². The average Bonchev–Trinajstić information content (AvgIpc) is 3.14. The minimum Gasteiger partial charge on any atom is -0.406 e. The first kappa shape index (κ1) is 19.5. The normalized spacial score (nSPS) is 16.1. The van der Waals surface area contributed by atoms with Crippen molar-refractivity contribution in [1.82, 2.24) is 14.9 Å². The number of H-pyrrole nitrogens is 1. The lowest BCUT2D eigenvalue weighted by Gasteiger charge is -2.28. The number of benzene rings is 1. The van der Waals surface area contributed by atoms with Crippen LogP contribution in [0.1, 0.15) is 24.5 Å². The topological polar surface area (TPSA) is 41.2 Å². The van der Waals surface area contributed by atoms with Gasteiger partial charge in [-0.1, -0.05) is 0 Å². The first-order valence-corrected chi connectivity index (χ1v) is 9.57.